The predicted molar refractivity (Wildman–Crippen MR) is 98.0 cm³/mol. The molecule has 2 heterocycles. The summed E-state index contributed by atoms with van der Waals surface area (Å²) < 4.78 is 5.78. The second-order valence-corrected chi connectivity index (χ2v) is 6.63. The van der Waals surface area contributed by atoms with Gasteiger partial charge in [0.05, 0.1) is 5.69 Å². The van der Waals surface area contributed by atoms with Gasteiger partial charge in [-0.25, -0.2) is 4.98 Å². The maximum atomic E-state index is 12.0. The molecule has 25 heavy (non-hydrogen) atoms. The first kappa shape index (κ1) is 17.5. The van der Waals surface area contributed by atoms with E-state index in [1.807, 2.05) is 36.6 Å². The zero-order valence-corrected chi connectivity index (χ0v) is 14.9. The van der Waals surface area contributed by atoms with Gasteiger partial charge < -0.3 is 9.72 Å². The van der Waals surface area contributed by atoms with Gasteiger partial charge in [0, 0.05) is 12.1 Å². The molecule has 130 valence electrons. The number of nitriles is 1. The molecule has 1 aromatic carbocycles. The highest BCUT2D eigenvalue weighted by atomic mass is 32.2. The Bertz CT molecular complexity index is 820. The van der Waals surface area contributed by atoms with Crippen molar-refractivity contribution in [2.45, 2.75) is 18.0 Å². The van der Waals surface area contributed by atoms with E-state index in [4.69, 9.17) is 4.74 Å². The number of aromatic amines is 1. The minimum Gasteiger partial charge on any atom is -0.492 e. The lowest BCUT2D eigenvalue weighted by molar-refractivity contribution is 0.238. The third-order valence-electron chi connectivity index (χ3n) is 4.21. The standard InChI is InChI=1S/C18H20N4O2S/c1-25-18-20-16(15(12-19)17(23)21-18)13-4-6-14(7-5-13)24-11-10-22-8-2-3-9-22/h4-7H,2-3,8-11H2,1H3,(H,20,21,23). The van der Waals surface area contributed by atoms with Gasteiger partial charge in [-0.3, -0.25) is 9.69 Å². The number of benzene rings is 1. The lowest BCUT2D eigenvalue weighted by Crippen LogP contribution is -2.25. The van der Waals surface area contributed by atoms with Gasteiger partial charge in [-0.2, -0.15) is 5.26 Å². The molecule has 1 N–H and O–H groups in total. The van der Waals surface area contributed by atoms with E-state index < -0.39 is 5.56 Å². The van der Waals surface area contributed by atoms with Crippen LogP contribution < -0.4 is 10.3 Å². The Hall–Kier alpha value is -2.30. The number of aromatic nitrogens is 2. The maximum absolute atomic E-state index is 12.0. The molecule has 0 atom stereocenters. The summed E-state index contributed by atoms with van der Waals surface area (Å²) in [6.07, 6.45) is 4.37. The molecule has 0 aliphatic carbocycles. The summed E-state index contributed by atoms with van der Waals surface area (Å²) in [6.45, 7) is 3.91. The highest BCUT2D eigenvalue weighted by molar-refractivity contribution is 7.98. The van der Waals surface area contributed by atoms with Crippen LogP contribution in [0.3, 0.4) is 0 Å². The Morgan fingerprint density at radius 2 is 2.04 bits per heavy atom. The van der Waals surface area contributed by atoms with E-state index in [1.165, 1.54) is 24.6 Å². The number of nitrogens with one attached hydrogen (secondary N) is 1. The molecule has 7 heteroatoms. The fourth-order valence-electron chi connectivity index (χ4n) is 2.87. The summed E-state index contributed by atoms with van der Waals surface area (Å²) in [5.41, 5.74) is 0.743. The van der Waals surface area contributed by atoms with Crippen molar-refractivity contribution < 1.29 is 4.74 Å². The van der Waals surface area contributed by atoms with Gasteiger partial charge in [-0.15, -0.1) is 0 Å². The van der Waals surface area contributed by atoms with Crippen molar-refractivity contribution in [3.63, 3.8) is 0 Å². The van der Waals surface area contributed by atoms with Crippen LogP contribution in [0.4, 0.5) is 0 Å². The van der Waals surface area contributed by atoms with Gasteiger partial charge in [0.1, 0.15) is 24.0 Å². The lowest BCUT2D eigenvalue weighted by atomic mass is 10.1. The van der Waals surface area contributed by atoms with Crippen LogP contribution in [-0.2, 0) is 0 Å². The van der Waals surface area contributed by atoms with Crippen molar-refractivity contribution in [2.24, 2.45) is 0 Å². The van der Waals surface area contributed by atoms with Crippen molar-refractivity contribution in [1.82, 2.24) is 14.9 Å². The summed E-state index contributed by atoms with van der Waals surface area (Å²) in [5, 5.41) is 9.74. The topological polar surface area (TPSA) is 82.0 Å². The number of hydrogen-bond acceptors (Lipinski definition) is 6. The maximum Gasteiger partial charge on any atom is 0.270 e. The van der Waals surface area contributed by atoms with Crippen LogP contribution in [0.1, 0.15) is 18.4 Å². The molecule has 1 aliphatic heterocycles. The number of hydrogen-bond donors (Lipinski definition) is 1. The molecule has 1 aliphatic rings. The van der Waals surface area contributed by atoms with Crippen LogP contribution in [0.2, 0.25) is 0 Å². The summed E-state index contributed by atoms with van der Waals surface area (Å²) in [6, 6.07) is 9.30. The lowest BCUT2D eigenvalue weighted by Gasteiger charge is -2.15. The van der Waals surface area contributed by atoms with Crippen molar-refractivity contribution in [3.8, 4) is 23.1 Å². The normalized spacial score (nSPS) is 14.4. The molecule has 1 saturated heterocycles. The number of thioether (sulfide) groups is 1. The Morgan fingerprint density at radius 1 is 1.32 bits per heavy atom. The van der Waals surface area contributed by atoms with Gasteiger partial charge in [-0.1, -0.05) is 11.8 Å². The van der Waals surface area contributed by atoms with Gasteiger partial charge in [0.2, 0.25) is 0 Å². The molecular formula is C18H20N4O2S. The fraction of sp³-hybridized carbons (Fsp3) is 0.389. The Morgan fingerprint density at radius 3 is 2.68 bits per heavy atom. The molecule has 2 aromatic rings. The van der Waals surface area contributed by atoms with Crippen LogP contribution in [0.15, 0.2) is 34.2 Å². The molecule has 0 bridgehead atoms. The third kappa shape index (κ3) is 4.21. The van der Waals surface area contributed by atoms with Gasteiger partial charge in [0.15, 0.2) is 5.16 Å². The molecule has 1 aromatic heterocycles. The second kappa shape index (κ2) is 8.19. The Balaban J connectivity index is 1.72. The molecule has 1 fully saturated rings. The van der Waals surface area contributed by atoms with Gasteiger partial charge in [0.25, 0.3) is 5.56 Å². The zero-order chi connectivity index (χ0) is 17.6. The number of rotatable bonds is 6. The summed E-state index contributed by atoms with van der Waals surface area (Å²) >= 11 is 1.33. The van der Waals surface area contributed by atoms with E-state index in [0.29, 0.717) is 17.5 Å². The number of nitrogens with zero attached hydrogens (tertiary/aromatic N) is 3. The number of H-pyrrole nitrogens is 1. The summed E-state index contributed by atoms with van der Waals surface area (Å²) in [7, 11) is 0. The van der Waals surface area contributed by atoms with Crippen LogP contribution in [0.5, 0.6) is 5.75 Å². The smallest absolute Gasteiger partial charge is 0.270 e. The van der Waals surface area contributed by atoms with E-state index in [2.05, 4.69) is 14.9 Å². The van der Waals surface area contributed by atoms with Crippen LogP contribution in [0.25, 0.3) is 11.3 Å². The SMILES string of the molecule is CSc1nc(-c2ccc(OCCN3CCCC3)cc2)c(C#N)c(=O)[nH]1. The van der Waals surface area contributed by atoms with E-state index in [1.54, 1.807) is 0 Å². The van der Waals surface area contributed by atoms with Crippen molar-refractivity contribution in [2.75, 3.05) is 32.5 Å². The first-order valence-corrected chi connectivity index (χ1v) is 9.47. The Kier molecular flexibility index (Phi) is 5.74. The van der Waals surface area contributed by atoms with Crippen LogP contribution >= 0.6 is 11.8 Å². The van der Waals surface area contributed by atoms with E-state index in [0.717, 1.165) is 30.9 Å². The molecule has 3 rings (SSSR count). The highest BCUT2D eigenvalue weighted by Gasteiger charge is 2.14. The largest absolute Gasteiger partial charge is 0.492 e. The minimum absolute atomic E-state index is 0.0282. The zero-order valence-electron chi connectivity index (χ0n) is 14.1. The molecule has 6 nitrogen and oxygen atoms in total. The highest BCUT2D eigenvalue weighted by Crippen LogP contribution is 2.23. The number of ether oxygens (including phenoxy) is 1. The third-order valence-corrected chi connectivity index (χ3v) is 4.79. The van der Waals surface area contributed by atoms with E-state index in [9.17, 15) is 10.1 Å². The summed E-state index contributed by atoms with van der Waals surface area (Å²) in [5.74, 6) is 0.774. The average Bonchev–Trinajstić information content (AvgIpc) is 3.15. The predicted octanol–water partition coefficient (Wildman–Crippen LogP) is 2.51. The first-order chi connectivity index (χ1) is 12.2. The monoisotopic (exact) mass is 356 g/mol. The van der Waals surface area contributed by atoms with Crippen LogP contribution in [-0.4, -0.2) is 47.4 Å². The van der Waals surface area contributed by atoms with Crippen LogP contribution in [0, 0.1) is 11.3 Å². The van der Waals surface area contributed by atoms with Gasteiger partial charge in [-0.05, 0) is 56.5 Å². The van der Waals surface area contributed by atoms with Gasteiger partial charge >= 0.3 is 0 Å². The average molecular weight is 356 g/mol. The molecule has 0 saturated carbocycles. The quantitative estimate of drug-likeness (QED) is 0.633. The van der Waals surface area contributed by atoms with E-state index >= 15 is 0 Å². The van der Waals surface area contributed by atoms with Crippen molar-refractivity contribution in [3.05, 3.63) is 40.2 Å². The molecule has 0 amide bonds. The molecule has 0 unspecified atom stereocenters. The van der Waals surface area contributed by atoms with E-state index in [-0.39, 0.29) is 5.56 Å². The Labute approximate surface area is 150 Å². The molecule has 0 radical (unpaired) electrons. The van der Waals surface area contributed by atoms with Crippen molar-refractivity contribution >= 4 is 11.8 Å². The van der Waals surface area contributed by atoms with Crippen molar-refractivity contribution in [1.29, 1.82) is 5.26 Å². The molecular weight excluding hydrogens is 336 g/mol. The first-order valence-electron chi connectivity index (χ1n) is 8.25. The minimum atomic E-state index is -0.414. The molecule has 0 spiro atoms. The summed E-state index contributed by atoms with van der Waals surface area (Å²) in [4.78, 5) is 21.4. The number of likely N-dealkylation sites (tertiary alicyclic amines) is 1. The second-order valence-electron chi connectivity index (χ2n) is 5.83. The fourth-order valence-corrected chi connectivity index (χ4v) is 3.25.